The fourth-order valence-electron chi connectivity index (χ4n) is 3.69. The standard InChI is InChI=1S/C26H27N5O2S/c1-17-7-5-9-23(18(17)2)31-24(15-22-8-6-14-30(22)4)28-29-26(31)34-16-25(33)27-21-12-10-20(11-13-21)19(3)32/h5-14H,15-16H2,1-4H3,(H,27,33). The molecule has 0 aliphatic heterocycles. The number of hydrogen-bond donors (Lipinski definition) is 1. The van der Waals surface area contributed by atoms with Gasteiger partial charge in [-0.25, -0.2) is 0 Å². The van der Waals surface area contributed by atoms with Gasteiger partial charge in [-0.05, 0) is 74.4 Å². The largest absolute Gasteiger partial charge is 0.354 e. The summed E-state index contributed by atoms with van der Waals surface area (Å²) in [4.78, 5) is 24.1. The SMILES string of the molecule is CC(=O)c1ccc(NC(=O)CSc2nnc(Cc3cccn3C)n2-c2cccc(C)c2C)cc1. The number of aromatic nitrogens is 4. The summed E-state index contributed by atoms with van der Waals surface area (Å²) >= 11 is 1.35. The Labute approximate surface area is 203 Å². The molecule has 2 heterocycles. The number of benzene rings is 2. The Morgan fingerprint density at radius 3 is 2.44 bits per heavy atom. The first-order valence-electron chi connectivity index (χ1n) is 11.0. The Balaban J connectivity index is 1.56. The molecule has 0 unspecified atom stereocenters. The summed E-state index contributed by atoms with van der Waals surface area (Å²) in [6, 6.07) is 17.1. The van der Waals surface area contributed by atoms with Gasteiger partial charge in [-0.1, -0.05) is 23.9 Å². The molecule has 2 aromatic heterocycles. The number of rotatable bonds is 8. The van der Waals surface area contributed by atoms with Gasteiger partial charge < -0.3 is 9.88 Å². The van der Waals surface area contributed by atoms with Crippen LogP contribution in [0.1, 0.15) is 39.9 Å². The Kier molecular flexibility index (Phi) is 6.98. The van der Waals surface area contributed by atoms with Gasteiger partial charge in [0.05, 0.1) is 11.4 Å². The molecular weight excluding hydrogens is 446 g/mol. The minimum atomic E-state index is -0.153. The number of ketones is 1. The van der Waals surface area contributed by atoms with Crippen LogP contribution in [0.15, 0.2) is 66.0 Å². The molecular formula is C26H27N5O2S. The van der Waals surface area contributed by atoms with Crippen molar-refractivity contribution in [1.29, 1.82) is 0 Å². The first-order valence-corrected chi connectivity index (χ1v) is 12.0. The maximum atomic E-state index is 12.6. The number of aryl methyl sites for hydroxylation is 2. The second-order valence-electron chi connectivity index (χ2n) is 8.21. The fourth-order valence-corrected chi connectivity index (χ4v) is 4.45. The van der Waals surface area contributed by atoms with E-state index in [2.05, 4.69) is 56.7 Å². The molecule has 0 aliphatic rings. The minimum Gasteiger partial charge on any atom is -0.354 e. The molecule has 34 heavy (non-hydrogen) atoms. The van der Waals surface area contributed by atoms with E-state index in [1.54, 1.807) is 24.3 Å². The third-order valence-electron chi connectivity index (χ3n) is 5.82. The molecule has 0 saturated carbocycles. The number of hydrogen-bond acceptors (Lipinski definition) is 5. The molecule has 1 amide bonds. The van der Waals surface area contributed by atoms with Gasteiger partial charge in [-0.15, -0.1) is 10.2 Å². The van der Waals surface area contributed by atoms with E-state index in [1.165, 1.54) is 24.2 Å². The first kappa shape index (κ1) is 23.5. The van der Waals surface area contributed by atoms with E-state index in [-0.39, 0.29) is 17.4 Å². The van der Waals surface area contributed by atoms with Crippen molar-refractivity contribution >= 4 is 29.1 Å². The summed E-state index contributed by atoms with van der Waals surface area (Å²) < 4.78 is 4.12. The topological polar surface area (TPSA) is 81.8 Å². The lowest BCUT2D eigenvalue weighted by Gasteiger charge is -2.14. The van der Waals surface area contributed by atoms with Crippen molar-refractivity contribution in [2.75, 3.05) is 11.1 Å². The van der Waals surface area contributed by atoms with Crippen molar-refractivity contribution < 1.29 is 9.59 Å². The average molecular weight is 474 g/mol. The number of anilines is 1. The number of thioether (sulfide) groups is 1. The summed E-state index contributed by atoms with van der Waals surface area (Å²) in [6.45, 7) is 5.68. The van der Waals surface area contributed by atoms with Crippen LogP contribution < -0.4 is 5.32 Å². The van der Waals surface area contributed by atoms with Crippen molar-refractivity contribution in [3.8, 4) is 5.69 Å². The normalized spacial score (nSPS) is 10.9. The molecule has 0 spiro atoms. The summed E-state index contributed by atoms with van der Waals surface area (Å²) in [5, 5.41) is 12.5. The molecule has 2 aromatic carbocycles. The molecule has 4 rings (SSSR count). The molecule has 1 N–H and O–H groups in total. The van der Waals surface area contributed by atoms with Gasteiger partial charge in [-0.2, -0.15) is 0 Å². The zero-order chi connectivity index (χ0) is 24.2. The maximum absolute atomic E-state index is 12.6. The van der Waals surface area contributed by atoms with E-state index in [4.69, 9.17) is 0 Å². The van der Waals surface area contributed by atoms with Crippen LogP contribution in [-0.2, 0) is 18.3 Å². The fraction of sp³-hybridized carbons (Fsp3) is 0.231. The second-order valence-corrected chi connectivity index (χ2v) is 9.15. The van der Waals surface area contributed by atoms with Gasteiger partial charge in [0.2, 0.25) is 5.91 Å². The number of amides is 1. The number of carbonyl (C=O) groups excluding carboxylic acids is 2. The molecule has 0 fully saturated rings. The van der Waals surface area contributed by atoms with E-state index in [0.717, 1.165) is 22.8 Å². The molecule has 7 nitrogen and oxygen atoms in total. The van der Waals surface area contributed by atoms with Crippen molar-refractivity contribution in [1.82, 2.24) is 19.3 Å². The van der Waals surface area contributed by atoms with Crippen LogP contribution in [0.3, 0.4) is 0 Å². The summed E-state index contributed by atoms with van der Waals surface area (Å²) in [5.74, 6) is 0.838. The summed E-state index contributed by atoms with van der Waals surface area (Å²) in [5.41, 5.74) is 5.72. The van der Waals surface area contributed by atoms with E-state index in [0.29, 0.717) is 22.8 Å². The Hall–Kier alpha value is -3.65. The van der Waals surface area contributed by atoms with Crippen molar-refractivity contribution in [2.24, 2.45) is 7.05 Å². The van der Waals surface area contributed by atoms with Gasteiger partial charge in [0.1, 0.15) is 5.82 Å². The highest BCUT2D eigenvalue weighted by atomic mass is 32.2. The highest BCUT2D eigenvalue weighted by Gasteiger charge is 2.19. The molecule has 4 aromatic rings. The third-order valence-corrected chi connectivity index (χ3v) is 6.74. The van der Waals surface area contributed by atoms with Crippen LogP contribution >= 0.6 is 11.8 Å². The van der Waals surface area contributed by atoms with Crippen LogP contribution in [0.25, 0.3) is 5.69 Å². The second kappa shape index (κ2) is 10.1. The number of carbonyl (C=O) groups is 2. The lowest BCUT2D eigenvalue weighted by Crippen LogP contribution is -2.15. The van der Waals surface area contributed by atoms with E-state index >= 15 is 0 Å². The predicted molar refractivity (Wildman–Crippen MR) is 135 cm³/mol. The molecule has 0 bridgehead atoms. The number of nitrogens with one attached hydrogen (secondary N) is 1. The van der Waals surface area contributed by atoms with Gasteiger partial charge in [0.25, 0.3) is 0 Å². The van der Waals surface area contributed by atoms with Crippen molar-refractivity contribution in [3.05, 3.63) is 89.0 Å². The smallest absolute Gasteiger partial charge is 0.234 e. The molecule has 8 heteroatoms. The predicted octanol–water partition coefficient (Wildman–Crippen LogP) is 4.75. The summed E-state index contributed by atoms with van der Waals surface area (Å²) in [6.07, 6.45) is 2.63. The molecule has 0 radical (unpaired) electrons. The van der Waals surface area contributed by atoms with Crippen LogP contribution in [0.4, 0.5) is 5.69 Å². The third kappa shape index (κ3) is 5.12. The molecule has 174 valence electrons. The number of nitrogens with zero attached hydrogens (tertiary/aromatic N) is 4. The zero-order valence-electron chi connectivity index (χ0n) is 19.7. The van der Waals surface area contributed by atoms with E-state index in [1.807, 2.05) is 25.4 Å². The Bertz CT molecular complexity index is 1340. The first-order chi connectivity index (χ1) is 16.3. The molecule has 0 saturated heterocycles. The van der Waals surface area contributed by atoms with Crippen LogP contribution in [0, 0.1) is 13.8 Å². The van der Waals surface area contributed by atoms with Crippen LogP contribution in [-0.4, -0.2) is 36.8 Å². The van der Waals surface area contributed by atoms with Gasteiger partial charge in [0, 0.05) is 36.6 Å². The van der Waals surface area contributed by atoms with Crippen LogP contribution in [0.2, 0.25) is 0 Å². The van der Waals surface area contributed by atoms with Gasteiger partial charge in [0.15, 0.2) is 10.9 Å². The van der Waals surface area contributed by atoms with Crippen LogP contribution in [0.5, 0.6) is 0 Å². The summed E-state index contributed by atoms with van der Waals surface area (Å²) in [7, 11) is 2.01. The molecule has 0 atom stereocenters. The van der Waals surface area contributed by atoms with E-state index in [9.17, 15) is 9.59 Å². The minimum absolute atomic E-state index is 0.00893. The average Bonchev–Trinajstić information content (AvgIpc) is 3.40. The Morgan fingerprint density at radius 2 is 1.76 bits per heavy atom. The van der Waals surface area contributed by atoms with Gasteiger partial charge in [-0.3, -0.25) is 14.2 Å². The molecule has 0 aliphatic carbocycles. The maximum Gasteiger partial charge on any atom is 0.234 e. The highest BCUT2D eigenvalue weighted by molar-refractivity contribution is 7.99. The number of Topliss-reactive ketones (excluding diaryl/α,β-unsaturated/α-hetero) is 1. The monoisotopic (exact) mass is 473 g/mol. The van der Waals surface area contributed by atoms with Crippen molar-refractivity contribution in [2.45, 2.75) is 32.3 Å². The lowest BCUT2D eigenvalue weighted by molar-refractivity contribution is -0.113. The van der Waals surface area contributed by atoms with E-state index < -0.39 is 0 Å². The lowest BCUT2D eigenvalue weighted by atomic mass is 10.1. The quantitative estimate of drug-likeness (QED) is 0.295. The zero-order valence-corrected chi connectivity index (χ0v) is 20.5. The van der Waals surface area contributed by atoms with Crippen molar-refractivity contribution in [3.63, 3.8) is 0 Å². The van der Waals surface area contributed by atoms with Gasteiger partial charge >= 0.3 is 0 Å². The Morgan fingerprint density at radius 1 is 1.00 bits per heavy atom. The highest BCUT2D eigenvalue weighted by Crippen LogP contribution is 2.27.